The lowest BCUT2D eigenvalue weighted by atomic mass is 9.83. The Morgan fingerprint density at radius 2 is 1.68 bits per heavy atom. The second-order valence-electron chi connectivity index (χ2n) is 16.7. The fourth-order valence-electron chi connectivity index (χ4n) is 10.4. The van der Waals surface area contributed by atoms with E-state index in [0.717, 1.165) is 69.5 Å². The van der Waals surface area contributed by atoms with Crippen LogP contribution in [0.4, 0.5) is 4.39 Å². The van der Waals surface area contributed by atoms with Crippen molar-refractivity contribution in [2.24, 2.45) is 5.92 Å². The van der Waals surface area contributed by atoms with E-state index in [-0.39, 0.29) is 40.8 Å². The van der Waals surface area contributed by atoms with Gasteiger partial charge in [-0.15, -0.1) is 0 Å². The molecule has 4 fully saturated rings. The van der Waals surface area contributed by atoms with Gasteiger partial charge in [0.05, 0.1) is 11.1 Å². The van der Waals surface area contributed by atoms with Crippen LogP contribution in [0, 0.1) is 11.7 Å². The summed E-state index contributed by atoms with van der Waals surface area (Å²) in [4.78, 5) is 43.2. The predicted molar refractivity (Wildman–Crippen MR) is 202 cm³/mol. The van der Waals surface area contributed by atoms with Crippen molar-refractivity contribution in [2.75, 3.05) is 26.2 Å². The summed E-state index contributed by atoms with van der Waals surface area (Å²) in [5, 5.41) is 6.37. The summed E-state index contributed by atoms with van der Waals surface area (Å²) in [5.41, 5.74) is 2.20. The van der Waals surface area contributed by atoms with Gasteiger partial charge in [-0.1, -0.05) is 44.9 Å². The molecule has 3 unspecified atom stereocenters. The number of halogens is 1. The molecule has 9 nitrogen and oxygen atoms in total. The van der Waals surface area contributed by atoms with Crippen molar-refractivity contribution in [2.45, 2.75) is 133 Å². The number of fused-ring (bicyclic) bond motifs is 5. The van der Waals surface area contributed by atoms with Crippen molar-refractivity contribution in [3.8, 4) is 22.9 Å². The fraction of sp³-hybridized carbons (Fsp3) is 0.605. The smallest absolute Gasteiger partial charge is 0.256 e. The van der Waals surface area contributed by atoms with E-state index in [9.17, 15) is 14.4 Å². The Morgan fingerprint density at radius 1 is 0.887 bits per heavy atom. The number of aromatic nitrogens is 1. The van der Waals surface area contributed by atoms with Gasteiger partial charge in [0.15, 0.2) is 11.5 Å². The van der Waals surface area contributed by atoms with Crippen molar-refractivity contribution < 1.29 is 23.5 Å². The topological polar surface area (TPSA) is 102 Å². The number of amides is 2. The molecule has 53 heavy (non-hydrogen) atoms. The Labute approximate surface area is 311 Å². The summed E-state index contributed by atoms with van der Waals surface area (Å²) in [6.07, 6.45) is 19.2. The third-order valence-electron chi connectivity index (χ3n) is 13.3. The van der Waals surface area contributed by atoms with Crippen LogP contribution in [-0.2, 0) is 4.79 Å². The van der Waals surface area contributed by atoms with Crippen molar-refractivity contribution >= 4 is 22.7 Å². The van der Waals surface area contributed by atoms with Crippen LogP contribution in [0.2, 0.25) is 0 Å². The quantitative estimate of drug-likeness (QED) is 0.182. The number of hydrogen-bond donors (Lipinski definition) is 2. The third kappa shape index (κ3) is 6.74. The van der Waals surface area contributed by atoms with Gasteiger partial charge in [0.25, 0.3) is 5.91 Å². The van der Waals surface area contributed by atoms with Gasteiger partial charge in [-0.25, -0.2) is 4.39 Å². The Balaban J connectivity index is 1.04. The average molecular weight is 725 g/mol. The predicted octanol–water partition coefficient (Wildman–Crippen LogP) is 7.98. The van der Waals surface area contributed by atoms with Crippen LogP contribution < -0.4 is 25.5 Å². The van der Waals surface area contributed by atoms with Crippen LogP contribution in [0.25, 0.3) is 16.6 Å². The number of benzene rings is 2. The number of ether oxygens (including phenoxy) is 2. The minimum atomic E-state index is -0.506. The molecule has 4 atom stereocenters. The van der Waals surface area contributed by atoms with E-state index in [2.05, 4.69) is 15.5 Å². The van der Waals surface area contributed by atoms with Gasteiger partial charge in [0.1, 0.15) is 28.8 Å². The van der Waals surface area contributed by atoms with Crippen molar-refractivity contribution in [3.05, 3.63) is 57.1 Å². The monoisotopic (exact) mass is 724 g/mol. The zero-order chi connectivity index (χ0) is 36.1. The third-order valence-corrected chi connectivity index (χ3v) is 13.3. The molecular formula is C43H53FN4O5. The van der Waals surface area contributed by atoms with Gasteiger partial charge in [-0.3, -0.25) is 14.4 Å². The zero-order valence-corrected chi connectivity index (χ0v) is 30.9. The molecule has 282 valence electrons. The summed E-state index contributed by atoms with van der Waals surface area (Å²) in [6.45, 7) is 3.38. The molecular weight excluding hydrogens is 671 g/mol. The first-order valence-corrected chi connectivity index (χ1v) is 20.7. The van der Waals surface area contributed by atoms with Gasteiger partial charge >= 0.3 is 0 Å². The molecule has 3 aliphatic carbocycles. The summed E-state index contributed by atoms with van der Waals surface area (Å²) < 4.78 is 31.7. The van der Waals surface area contributed by atoms with E-state index >= 15 is 4.39 Å². The normalized spacial score (nSPS) is 25.2. The molecule has 1 aromatic heterocycles. The number of hydrogen-bond acceptors (Lipinski definition) is 6. The van der Waals surface area contributed by atoms with Crippen LogP contribution in [0.3, 0.4) is 0 Å². The lowest BCUT2D eigenvalue weighted by molar-refractivity contribution is -0.122. The van der Waals surface area contributed by atoms with Gasteiger partial charge in [-0.05, 0) is 94.8 Å². The lowest BCUT2D eigenvalue weighted by Gasteiger charge is -2.28. The molecule has 0 spiro atoms. The first-order valence-electron chi connectivity index (χ1n) is 20.7. The highest BCUT2D eigenvalue weighted by atomic mass is 19.1. The molecule has 2 N–H and O–H groups in total. The highest BCUT2D eigenvalue weighted by molar-refractivity contribution is 6.00. The molecule has 2 amide bonds. The minimum Gasteiger partial charge on any atom is -0.489 e. The molecule has 3 aromatic rings. The van der Waals surface area contributed by atoms with Gasteiger partial charge in [0.2, 0.25) is 11.3 Å². The van der Waals surface area contributed by atoms with Crippen LogP contribution in [0.15, 0.2) is 29.2 Å². The number of piperidine rings is 1. The van der Waals surface area contributed by atoms with Gasteiger partial charge < -0.3 is 29.6 Å². The fourth-order valence-corrected chi connectivity index (χ4v) is 10.4. The molecule has 3 saturated carbocycles. The summed E-state index contributed by atoms with van der Waals surface area (Å²) in [7, 11) is 0. The first-order chi connectivity index (χ1) is 25.9. The van der Waals surface area contributed by atoms with Crippen LogP contribution in [0.1, 0.15) is 142 Å². The van der Waals surface area contributed by atoms with E-state index < -0.39 is 17.2 Å². The van der Waals surface area contributed by atoms with Crippen LogP contribution in [-0.4, -0.2) is 59.6 Å². The number of nitrogens with zero attached hydrogens (tertiary/aromatic N) is 2. The SMILES string of the molecule is O=C(CCN1CCCCC1)N[C@@H]1CCC(c2c(F)cc3c(=O)c(C(=O)NCCC4CCCCC4)cn4c3c2Oc2cc3c(cc2-4)OC2CCCCC32)C1. The van der Waals surface area contributed by atoms with E-state index in [4.69, 9.17) is 9.47 Å². The highest BCUT2D eigenvalue weighted by Crippen LogP contribution is 2.53. The van der Waals surface area contributed by atoms with Gasteiger partial charge in [0, 0.05) is 54.9 Å². The van der Waals surface area contributed by atoms with E-state index in [1.807, 2.05) is 16.7 Å². The molecule has 4 heterocycles. The molecule has 9 rings (SSSR count). The molecule has 0 bridgehead atoms. The summed E-state index contributed by atoms with van der Waals surface area (Å²) in [6, 6.07) is 5.28. The highest BCUT2D eigenvalue weighted by Gasteiger charge is 2.40. The second-order valence-corrected chi connectivity index (χ2v) is 16.7. The summed E-state index contributed by atoms with van der Waals surface area (Å²) >= 11 is 0. The molecule has 0 radical (unpaired) electrons. The number of carbonyl (C=O) groups is 2. The largest absolute Gasteiger partial charge is 0.489 e. The molecule has 1 saturated heterocycles. The van der Waals surface area contributed by atoms with E-state index in [0.29, 0.717) is 60.0 Å². The Kier molecular flexibility index (Phi) is 9.67. The van der Waals surface area contributed by atoms with Crippen molar-refractivity contribution in [3.63, 3.8) is 0 Å². The maximum Gasteiger partial charge on any atom is 0.256 e. The van der Waals surface area contributed by atoms with E-state index in [1.54, 1.807) is 6.20 Å². The van der Waals surface area contributed by atoms with Crippen LogP contribution >= 0.6 is 0 Å². The Morgan fingerprint density at radius 3 is 2.53 bits per heavy atom. The maximum atomic E-state index is 16.6. The average Bonchev–Trinajstić information content (AvgIpc) is 3.78. The molecule has 10 heteroatoms. The zero-order valence-electron chi connectivity index (χ0n) is 30.9. The molecule has 2 aromatic carbocycles. The van der Waals surface area contributed by atoms with Crippen molar-refractivity contribution in [1.82, 2.24) is 20.1 Å². The Hall–Kier alpha value is -3.92. The standard InChI is InChI=1S/C43H53FN4O5/c44-33-22-31-40-42(39(33)27-13-14-28(21-27)46-38(49)16-20-47-18-7-2-8-19-47)53-37-23-30-29-11-5-6-12-35(29)52-36(30)24-34(37)48(40)25-32(41(31)50)43(51)45-17-15-26-9-3-1-4-10-26/h22-29,35H,1-21H2,(H,45,51)(H,46,49)/t27?,28-,29?,35?/m1/s1. The lowest BCUT2D eigenvalue weighted by Crippen LogP contribution is -2.37. The number of pyridine rings is 1. The molecule has 6 aliphatic rings. The minimum absolute atomic E-state index is 0.00428. The second kappa shape index (κ2) is 14.7. The van der Waals surface area contributed by atoms with E-state index in [1.165, 1.54) is 57.4 Å². The number of likely N-dealkylation sites (tertiary alicyclic amines) is 1. The Bertz CT molecular complexity index is 1960. The number of carbonyl (C=O) groups excluding carboxylic acids is 2. The maximum absolute atomic E-state index is 16.6. The summed E-state index contributed by atoms with van der Waals surface area (Å²) in [5.74, 6) is 1.52. The van der Waals surface area contributed by atoms with Crippen molar-refractivity contribution in [1.29, 1.82) is 0 Å². The number of rotatable bonds is 9. The first kappa shape index (κ1) is 34.8. The number of nitrogens with one attached hydrogen (secondary N) is 2. The molecule has 3 aliphatic heterocycles. The van der Waals surface area contributed by atoms with Crippen LogP contribution in [0.5, 0.6) is 17.2 Å². The van der Waals surface area contributed by atoms with Gasteiger partial charge in [-0.2, -0.15) is 0 Å².